The summed E-state index contributed by atoms with van der Waals surface area (Å²) in [4.78, 5) is 27.6. The summed E-state index contributed by atoms with van der Waals surface area (Å²) in [5.41, 5.74) is 1.59. The van der Waals surface area contributed by atoms with Gasteiger partial charge in [0.2, 0.25) is 0 Å². The first-order valence-corrected chi connectivity index (χ1v) is 9.04. The highest BCUT2D eigenvalue weighted by molar-refractivity contribution is 5.95. The number of amides is 2. The zero-order chi connectivity index (χ0) is 18.1. The Morgan fingerprint density at radius 1 is 1.04 bits per heavy atom. The first-order valence-electron chi connectivity index (χ1n) is 9.04. The van der Waals surface area contributed by atoms with E-state index in [-0.39, 0.29) is 11.9 Å². The number of aromatic nitrogens is 2. The standard InChI is InChI=1S/C19H22N4O3/c24-18(14-2-4-15(5-3-14)22-11-1-10-20-22)23(16-6-7-16)17-8-12-21(13-9-17)19(25)26/h1-5,10-11,16-17H,6-9,12-13H2,(H,25,26). The molecule has 7 heteroatoms. The van der Waals surface area contributed by atoms with Crippen molar-refractivity contribution in [2.24, 2.45) is 0 Å². The molecule has 2 amide bonds. The molecule has 2 heterocycles. The molecule has 136 valence electrons. The van der Waals surface area contributed by atoms with E-state index >= 15 is 0 Å². The Hall–Kier alpha value is -2.83. The third-order valence-corrected chi connectivity index (χ3v) is 5.19. The number of piperidine rings is 1. The van der Waals surface area contributed by atoms with Crippen LogP contribution in [0.2, 0.25) is 0 Å². The van der Waals surface area contributed by atoms with Gasteiger partial charge in [-0.2, -0.15) is 5.10 Å². The lowest BCUT2D eigenvalue weighted by Crippen LogP contribution is -2.49. The molecule has 4 rings (SSSR count). The van der Waals surface area contributed by atoms with Crippen molar-refractivity contribution in [3.8, 4) is 5.69 Å². The second kappa shape index (κ2) is 6.82. The molecule has 1 aromatic heterocycles. The molecule has 0 unspecified atom stereocenters. The molecule has 0 spiro atoms. The maximum atomic E-state index is 13.1. The van der Waals surface area contributed by atoms with E-state index in [0.29, 0.717) is 37.5 Å². The number of rotatable bonds is 4. The molecule has 2 fully saturated rings. The van der Waals surface area contributed by atoms with Crippen LogP contribution < -0.4 is 0 Å². The predicted octanol–water partition coefficient (Wildman–Crippen LogP) is 2.62. The van der Waals surface area contributed by atoms with Crippen LogP contribution in [-0.4, -0.2) is 61.9 Å². The minimum Gasteiger partial charge on any atom is -0.465 e. The molecule has 1 aromatic carbocycles. The molecule has 0 atom stereocenters. The predicted molar refractivity (Wildman–Crippen MR) is 95.4 cm³/mol. The zero-order valence-corrected chi connectivity index (χ0v) is 14.5. The molecule has 1 N–H and O–H groups in total. The second-order valence-electron chi connectivity index (χ2n) is 6.94. The van der Waals surface area contributed by atoms with Gasteiger partial charge < -0.3 is 14.9 Å². The lowest BCUT2D eigenvalue weighted by Gasteiger charge is -2.38. The van der Waals surface area contributed by atoms with E-state index in [1.807, 2.05) is 41.4 Å². The van der Waals surface area contributed by atoms with Gasteiger partial charge in [-0.1, -0.05) is 0 Å². The summed E-state index contributed by atoms with van der Waals surface area (Å²) in [5, 5.41) is 13.3. The highest BCUT2D eigenvalue weighted by Gasteiger charge is 2.39. The van der Waals surface area contributed by atoms with Crippen LogP contribution >= 0.6 is 0 Å². The largest absolute Gasteiger partial charge is 0.465 e. The molecular weight excluding hydrogens is 332 g/mol. The van der Waals surface area contributed by atoms with Crippen molar-refractivity contribution < 1.29 is 14.7 Å². The highest BCUT2D eigenvalue weighted by atomic mass is 16.4. The Bertz CT molecular complexity index is 776. The fourth-order valence-corrected chi connectivity index (χ4v) is 3.65. The van der Waals surface area contributed by atoms with E-state index in [4.69, 9.17) is 5.11 Å². The third-order valence-electron chi connectivity index (χ3n) is 5.19. The van der Waals surface area contributed by atoms with Gasteiger partial charge in [-0.25, -0.2) is 9.48 Å². The number of likely N-dealkylation sites (tertiary alicyclic amines) is 1. The topological polar surface area (TPSA) is 78.7 Å². The van der Waals surface area contributed by atoms with Crippen molar-refractivity contribution in [2.45, 2.75) is 37.8 Å². The smallest absolute Gasteiger partial charge is 0.407 e. The Labute approximate surface area is 151 Å². The molecular formula is C19H22N4O3. The highest BCUT2D eigenvalue weighted by Crippen LogP contribution is 2.33. The van der Waals surface area contributed by atoms with Crippen molar-refractivity contribution in [3.63, 3.8) is 0 Å². The first-order chi connectivity index (χ1) is 12.6. The van der Waals surface area contributed by atoms with Crippen molar-refractivity contribution in [1.29, 1.82) is 0 Å². The van der Waals surface area contributed by atoms with E-state index < -0.39 is 6.09 Å². The van der Waals surface area contributed by atoms with Crippen molar-refractivity contribution in [1.82, 2.24) is 19.6 Å². The normalized spacial score (nSPS) is 17.9. The fourth-order valence-electron chi connectivity index (χ4n) is 3.65. The van der Waals surface area contributed by atoms with Crippen molar-refractivity contribution in [3.05, 3.63) is 48.3 Å². The average Bonchev–Trinajstić information content (AvgIpc) is 3.34. The molecule has 26 heavy (non-hydrogen) atoms. The number of carboxylic acid groups (broad SMARTS) is 1. The molecule has 1 saturated heterocycles. The number of carbonyl (C=O) groups is 2. The van der Waals surface area contributed by atoms with Crippen LogP contribution in [0.25, 0.3) is 5.69 Å². The number of nitrogens with zero attached hydrogens (tertiary/aromatic N) is 4. The SMILES string of the molecule is O=C(O)N1CCC(N(C(=O)c2ccc(-n3cccn3)cc2)C2CC2)CC1. The second-order valence-corrected chi connectivity index (χ2v) is 6.94. The number of hydrogen-bond acceptors (Lipinski definition) is 3. The molecule has 1 saturated carbocycles. The van der Waals surface area contributed by atoms with Gasteiger partial charge in [0, 0.05) is 43.1 Å². The summed E-state index contributed by atoms with van der Waals surface area (Å²) >= 11 is 0. The quantitative estimate of drug-likeness (QED) is 0.915. The van der Waals surface area contributed by atoms with Crippen molar-refractivity contribution >= 4 is 12.0 Å². The molecule has 2 aliphatic rings. The molecule has 2 aromatic rings. The van der Waals surface area contributed by atoms with Crippen LogP contribution in [0.4, 0.5) is 4.79 Å². The number of carbonyl (C=O) groups excluding carboxylic acids is 1. The average molecular weight is 354 g/mol. The third kappa shape index (κ3) is 3.29. The van der Waals surface area contributed by atoms with Crippen LogP contribution in [0.5, 0.6) is 0 Å². The van der Waals surface area contributed by atoms with Crippen molar-refractivity contribution in [2.75, 3.05) is 13.1 Å². The maximum absolute atomic E-state index is 13.1. The van der Waals surface area contributed by atoms with E-state index in [9.17, 15) is 9.59 Å². The Kier molecular flexibility index (Phi) is 4.36. The summed E-state index contributed by atoms with van der Waals surface area (Å²) in [6, 6.07) is 9.78. The minimum absolute atomic E-state index is 0.0493. The Morgan fingerprint density at radius 2 is 1.69 bits per heavy atom. The molecule has 0 radical (unpaired) electrons. The Balaban J connectivity index is 1.48. The monoisotopic (exact) mass is 354 g/mol. The van der Waals surface area contributed by atoms with Crippen LogP contribution in [0.15, 0.2) is 42.7 Å². The van der Waals surface area contributed by atoms with Gasteiger partial charge in [0.05, 0.1) is 5.69 Å². The summed E-state index contributed by atoms with van der Waals surface area (Å²) in [6.45, 7) is 0.990. The van der Waals surface area contributed by atoms with E-state index in [2.05, 4.69) is 5.10 Å². The van der Waals surface area contributed by atoms with E-state index in [1.165, 1.54) is 4.90 Å². The lowest BCUT2D eigenvalue weighted by atomic mass is 10.0. The number of benzene rings is 1. The van der Waals surface area contributed by atoms with Crippen LogP contribution in [0, 0.1) is 0 Å². The number of hydrogen-bond donors (Lipinski definition) is 1. The summed E-state index contributed by atoms with van der Waals surface area (Å²) < 4.78 is 1.76. The first kappa shape index (κ1) is 16.6. The minimum atomic E-state index is -0.873. The fraction of sp³-hybridized carbons (Fsp3) is 0.421. The van der Waals surface area contributed by atoms with Gasteiger partial charge in [0.25, 0.3) is 5.91 Å². The molecule has 7 nitrogen and oxygen atoms in total. The Morgan fingerprint density at radius 3 is 2.23 bits per heavy atom. The van der Waals surface area contributed by atoms with E-state index in [0.717, 1.165) is 18.5 Å². The molecule has 1 aliphatic heterocycles. The lowest BCUT2D eigenvalue weighted by molar-refractivity contribution is 0.0551. The van der Waals surface area contributed by atoms with Gasteiger partial charge in [-0.3, -0.25) is 4.79 Å². The maximum Gasteiger partial charge on any atom is 0.407 e. The van der Waals surface area contributed by atoms with Crippen LogP contribution in [0.3, 0.4) is 0 Å². The van der Waals surface area contributed by atoms with Gasteiger partial charge in [0.15, 0.2) is 0 Å². The van der Waals surface area contributed by atoms with Crippen LogP contribution in [-0.2, 0) is 0 Å². The summed E-state index contributed by atoms with van der Waals surface area (Å²) in [7, 11) is 0. The van der Waals surface area contributed by atoms with Gasteiger partial charge in [0.1, 0.15) is 0 Å². The summed E-state index contributed by atoms with van der Waals surface area (Å²) in [6.07, 6.45) is 6.20. The molecule has 0 bridgehead atoms. The molecule has 1 aliphatic carbocycles. The van der Waals surface area contributed by atoms with E-state index in [1.54, 1.807) is 10.9 Å². The summed E-state index contributed by atoms with van der Waals surface area (Å²) in [5.74, 6) is 0.0493. The van der Waals surface area contributed by atoms with Gasteiger partial charge >= 0.3 is 6.09 Å². The van der Waals surface area contributed by atoms with Gasteiger partial charge in [-0.05, 0) is 56.0 Å². The van der Waals surface area contributed by atoms with Crippen LogP contribution in [0.1, 0.15) is 36.0 Å². The zero-order valence-electron chi connectivity index (χ0n) is 14.5. The van der Waals surface area contributed by atoms with Gasteiger partial charge in [-0.15, -0.1) is 0 Å².